The van der Waals surface area contributed by atoms with Crippen LogP contribution in [0.4, 0.5) is 0 Å². The predicted molar refractivity (Wildman–Crippen MR) is 104 cm³/mol. The fraction of sp³-hybridized carbons (Fsp3) is 0.773. The van der Waals surface area contributed by atoms with Crippen molar-refractivity contribution in [3.05, 3.63) is 12.2 Å². The minimum Gasteiger partial charge on any atom is -0.359 e. The molecule has 7 heteroatoms. The molecule has 2 N–H and O–H groups in total. The number of fused-ring (bicyclic) bond motifs is 1. The Hall–Kier alpha value is -1.89. The van der Waals surface area contributed by atoms with E-state index >= 15 is 0 Å². The summed E-state index contributed by atoms with van der Waals surface area (Å²) in [4.78, 5) is 41.7. The summed E-state index contributed by atoms with van der Waals surface area (Å²) in [6.07, 6.45) is 12.8. The second-order valence-corrected chi connectivity index (χ2v) is 9.80. The van der Waals surface area contributed by atoms with Gasteiger partial charge in [0, 0.05) is 18.1 Å². The van der Waals surface area contributed by atoms with E-state index in [9.17, 15) is 14.4 Å². The van der Waals surface area contributed by atoms with Crippen molar-refractivity contribution in [1.82, 2.24) is 15.5 Å². The molecule has 3 aliphatic carbocycles. The van der Waals surface area contributed by atoms with Crippen LogP contribution in [0.2, 0.25) is 0 Å². The van der Waals surface area contributed by atoms with Gasteiger partial charge in [-0.05, 0) is 38.5 Å². The summed E-state index contributed by atoms with van der Waals surface area (Å²) in [6.45, 7) is 0. The van der Waals surface area contributed by atoms with Crippen LogP contribution in [-0.4, -0.2) is 58.5 Å². The van der Waals surface area contributed by atoms with Gasteiger partial charge in [0.05, 0.1) is 17.9 Å². The zero-order valence-electron chi connectivity index (χ0n) is 16.6. The summed E-state index contributed by atoms with van der Waals surface area (Å²) in [6, 6.07) is -0.135. The molecule has 6 aliphatic rings. The predicted octanol–water partition coefficient (Wildman–Crippen LogP) is 1.03. The lowest BCUT2D eigenvalue weighted by Crippen LogP contribution is -2.57. The molecule has 3 aliphatic heterocycles. The summed E-state index contributed by atoms with van der Waals surface area (Å²) < 4.78 is 6.33. The van der Waals surface area contributed by atoms with E-state index in [0.717, 1.165) is 51.4 Å². The molecule has 3 heterocycles. The van der Waals surface area contributed by atoms with Crippen molar-refractivity contribution in [3.8, 4) is 0 Å². The van der Waals surface area contributed by atoms with Crippen LogP contribution in [0.5, 0.6) is 0 Å². The maximum absolute atomic E-state index is 13.5. The van der Waals surface area contributed by atoms with Crippen LogP contribution in [0, 0.1) is 11.8 Å². The first-order chi connectivity index (χ1) is 14.1. The van der Waals surface area contributed by atoms with Crippen LogP contribution in [-0.2, 0) is 19.1 Å². The highest BCUT2D eigenvalue weighted by molar-refractivity contribution is 6.00. The quantitative estimate of drug-likeness (QED) is 0.676. The number of nitrogens with zero attached hydrogens (tertiary/aromatic N) is 1. The van der Waals surface area contributed by atoms with Gasteiger partial charge in [0.2, 0.25) is 17.7 Å². The number of carbonyl (C=O) groups excluding carboxylic acids is 3. The third kappa shape index (κ3) is 2.69. The number of amides is 3. The monoisotopic (exact) mass is 399 g/mol. The number of rotatable bonds is 5. The molecule has 0 aromatic carbocycles. The van der Waals surface area contributed by atoms with Crippen LogP contribution in [0.15, 0.2) is 12.2 Å². The molecule has 2 saturated heterocycles. The maximum atomic E-state index is 13.5. The first-order valence-corrected chi connectivity index (χ1v) is 11.4. The minimum absolute atomic E-state index is 0.0703. The molecule has 0 radical (unpaired) electrons. The van der Waals surface area contributed by atoms with Crippen LogP contribution in [0.1, 0.15) is 57.8 Å². The van der Waals surface area contributed by atoms with Gasteiger partial charge >= 0.3 is 0 Å². The Morgan fingerprint density at radius 2 is 1.66 bits per heavy atom. The first-order valence-electron chi connectivity index (χ1n) is 11.4. The summed E-state index contributed by atoms with van der Waals surface area (Å²) >= 11 is 0. The lowest BCUT2D eigenvalue weighted by molar-refractivity contribution is -0.142. The molecule has 0 aromatic heterocycles. The molecule has 29 heavy (non-hydrogen) atoms. The third-order valence-corrected chi connectivity index (χ3v) is 7.68. The van der Waals surface area contributed by atoms with Crippen molar-refractivity contribution in [2.24, 2.45) is 11.8 Å². The van der Waals surface area contributed by atoms with Gasteiger partial charge in [-0.15, -0.1) is 0 Å². The molecule has 5 fully saturated rings. The van der Waals surface area contributed by atoms with E-state index in [0.29, 0.717) is 0 Å². The van der Waals surface area contributed by atoms with Crippen molar-refractivity contribution in [3.63, 3.8) is 0 Å². The molecule has 6 rings (SSSR count). The minimum atomic E-state index is -0.991. The Labute approximate surface area is 170 Å². The summed E-state index contributed by atoms with van der Waals surface area (Å²) in [5.41, 5.74) is -0.991. The van der Waals surface area contributed by atoms with Crippen molar-refractivity contribution < 1.29 is 19.1 Å². The molecule has 1 spiro atoms. The standard InChI is InChI=1S/C22H29N3O4/c26-19(23-13-6-7-13)16-15-10-11-22(29-15)17(16)21(28)25(14-8-9-14)18(22)20(27)24-12-4-2-1-3-5-12/h10-18H,1-9H2,(H,23,26)(H,24,27)/t15-,16-,17+,18-,22-/m1/s1. The smallest absolute Gasteiger partial charge is 0.246 e. The number of carbonyl (C=O) groups is 3. The average Bonchev–Trinajstić information content (AvgIpc) is 3.63. The van der Waals surface area contributed by atoms with Crippen molar-refractivity contribution in [1.29, 1.82) is 0 Å². The van der Waals surface area contributed by atoms with Gasteiger partial charge < -0.3 is 20.3 Å². The summed E-state index contributed by atoms with van der Waals surface area (Å²) in [7, 11) is 0. The number of hydrogen-bond donors (Lipinski definition) is 2. The number of ether oxygens (including phenoxy) is 1. The first kappa shape index (κ1) is 17.9. The summed E-state index contributed by atoms with van der Waals surface area (Å²) in [5.74, 6) is -1.38. The number of likely N-dealkylation sites (tertiary alicyclic amines) is 1. The van der Waals surface area contributed by atoms with E-state index in [1.807, 2.05) is 12.2 Å². The second kappa shape index (κ2) is 6.30. The molecule has 3 saturated carbocycles. The fourth-order valence-electron chi connectivity index (χ4n) is 6.00. The van der Waals surface area contributed by atoms with Gasteiger partial charge in [-0.25, -0.2) is 0 Å². The zero-order valence-corrected chi connectivity index (χ0v) is 16.6. The molecule has 2 bridgehead atoms. The maximum Gasteiger partial charge on any atom is 0.246 e. The van der Waals surface area contributed by atoms with Crippen molar-refractivity contribution >= 4 is 17.7 Å². The Kier molecular flexibility index (Phi) is 3.90. The lowest BCUT2D eigenvalue weighted by Gasteiger charge is -2.34. The molecular formula is C22H29N3O4. The van der Waals surface area contributed by atoms with E-state index in [1.54, 1.807) is 4.90 Å². The van der Waals surface area contributed by atoms with E-state index in [1.165, 1.54) is 6.42 Å². The van der Waals surface area contributed by atoms with E-state index in [4.69, 9.17) is 4.74 Å². The molecule has 3 amide bonds. The highest BCUT2D eigenvalue weighted by Gasteiger charge is 2.74. The molecule has 0 aromatic rings. The van der Waals surface area contributed by atoms with E-state index < -0.39 is 29.6 Å². The lowest BCUT2D eigenvalue weighted by atomic mass is 9.74. The van der Waals surface area contributed by atoms with E-state index in [-0.39, 0.29) is 35.8 Å². The van der Waals surface area contributed by atoms with E-state index in [2.05, 4.69) is 10.6 Å². The zero-order chi connectivity index (χ0) is 19.8. The molecule has 7 nitrogen and oxygen atoms in total. The van der Waals surface area contributed by atoms with Gasteiger partial charge in [0.25, 0.3) is 0 Å². The van der Waals surface area contributed by atoms with Gasteiger partial charge in [-0.2, -0.15) is 0 Å². The Morgan fingerprint density at radius 1 is 0.966 bits per heavy atom. The number of hydrogen-bond acceptors (Lipinski definition) is 4. The van der Waals surface area contributed by atoms with Crippen molar-refractivity contribution in [2.45, 2.75) is 93.7 Å². The molecule has 0 unspecified atom stereocenters. The van der Waals surface area contributed by atoms with Gasteiger partial charge in [0.1, 0.15) is 11.6 Å². The van der Waals surface area contributed by atoms with Gasteiger partial charge in [0.15, 0.2) is 0 Å². The van der Waals surface area contributed by atoms with Gasteiger partial charge in [-0.1, -0.05) is 31.4 Å². The fourth-order valence-corrected chi connectivity index (χ4v) is 6.00. The summed E-state index contributed by atoms with van der Waals surface area (Å²) in [5, 5.41) is 6.28. The van der Waals surface area contributed by atoms with Crippen LogP contribution < -0.4 is 10.6 Å². The molecule has 156 valence electrons. The molecule has 5 atom stereocenters. The van der Waals surface area contributed by atoms with Crippen LogP contribution in [0.3, 0.4) is 0 Å². The third-order valence-electron chi connectivity index (χ3n) is 7.68. The Bertz CT molecular complexity index is 783. The second-order valence-electron chi connectivity index (χ2n) is 9.80. The van der Waals surface area contributed by atoms with Crippen LogP contribution >= 0.6 is 0 Å². The Morgan fingerprint density at radius 3 is 2.34 bits per heavy atom. The largest absolute Gasteiger partial charge is 0.359 e. The normalized spacial score (nSPS) is 41.0. The topological polar surface area (TPSA) is 87.7 Å². The molecular weight excluding hydrogens is 370 g/mol. The number of nitrogens with one attached hydrogen (secondary N) is 2. The van der Waals surface area contributed by atoms with Crippen LogP contribution in [0.25, 0.3) is 0 Å². The average molecular weight is 399 g/mol. The SMILES string of the molecule is O=C(NC1CC1)[C@H]1[C@H]2C(=O)N(C3CC3)[C@H](C(=O)NC3CCCCC3)[C@@]23C=C[C@H]1O3. The highest BCUT2D eigenvalue weighted by Crippen LogP contribution is 2.57. The Balaban J connectivity index is 1.31. The van der Waals surface area contributed by atoms with Crippen molar-refractivity contribution in [2.75, 3.05) is 0 Å². The highest BCUT2D eigenvalue weighted by atomic mass is 16.5. The van der Waals surface area contributed by atoms with Gasteiger partial charge in [-0.3, -0.25) is 14.4 Å².